The van der Waals surface area contributed by atoms with Crippen molar-refractivity contribution in [3.05, 3.63) is 72.2 Å². The van der Waals surface area contributed by atoms with Gasteiger partial charge in [-0.2, -0.15) is 4.31 Å². The van der Waals surface area contributed by atoms with Crippen LogP contribution in [0.2, 0.25) is 0 Å². The molecule has 8 nitrogen and oxygen atoms in total. The molecule has 4 rings (SSSR count). The molecule has 30 heavy (non-hydrogen) atoms. The van der Waals surface area contributed by atoms with Gasteiger partial charge in [0.25, 0.3) is 0 Å². The third kappa shape index (κ3) is 4.92. The molecule has 0 spiro atoms. The summed E-state index contributed by atoms with van der Waals surface area (Å²) < 4.78 is 27.2. The summed E-state index contributed by atoms with van der Waals surface area (Å²) in [5, 5.41) is 3.15. The zero-order valence-electron chi connectivity index (χ0n) is 16.8. The van der Waals surface area contributed by atoms with Gasteiger partial charge in [-0.15, -0.1) is 0 Å². The van der Waals surface area contributed by atoms with Crippen molar-refractivity contribution < 1.29 is 8.42 Å². The van der Waals surface area contributed by atoms with Crippen molar-refractivity contribution in [3.63, 3.8) is 0 Å². The second kappa shape index (κ2) is 8.76. The molecule has 0 amide bonds. The fraction of sp³-hybridized carbons (Fsp3) is 0.286. The van der Waals surface area contributed by atoms with Crippen molar-refractivity contribution in [2.24, 2.45) is 0 Å². The lowest BCUT2D eigenvalue weighted by molar-refractivity contribution is 0.383. The first-order chi connectivity index (χ1) is 14.5. The molecule has 0 radical (unpaired) electrons. The minimum Gasteiger partial charge on any atom is -0.354 e. The molecule has 0 bridgehead atoms. The Bertz CT molecular complexity index is 1100. The SMILES string of the molecule is Cc1cccc(CS(=O)(=O)N2CCN(c3cc(Nc4ccccn4)ncn3)CC2)c1. The molecule has 0 unspecified atom stereocenters. The average molecular weight is 425 g/mol. The molecule has 0 aliphatic carbocycles. The zero-order chi connectivity index (χ0) is 21.0. The van der Waals surface area contributed by atoms with Gasteiger partial charge in [-0.05, 0) is 24.6 Å². The Hall–Kier alpha value is -3.04. The van der Waals surface area contributed by atoms with E-state index in [1.54, 1.807) is 10.5 Å². The van der Waals surface area contributed by atoms with Gasteiger partial charge in [0.1, 0.15) is 23.8 Å². The number of benzene rings is 1. The Morgan fingerprint density at radius 3 is 2.50 bits per heavy atom. The van der Waals surface area contributed by atoms with Crippen molar-refractivity contribution in [1.82, 2.24) is 19.3 Å². The Morgan fingerprint density at radius 1 is 0.933 bits per heavy atom. The Morgan fingerprint density at radius 2 is 1.77 bits per heavy atom. The van der Waals surface area contributed by atoms with Crippen LogP contribution in [0.15, 0.2) is 61.1 Å². The average Bonchev–Trinajstić information content (AvgIpc) is 2.74. The quantitative estimate of drug-likeness (QED) is 0.650. The minimum absolute atomic E-state index is 0.0281. The molecule has 1 aromatic carbocycles. The maximum absolute atomic E-state index is 12.8. The molecule has 9 heteroatoms. The molecule has 1 saturated heterocycles. The van der Waals surface area contributed by atoms with E-state index in [2.05, 4.69) is 25.2 Å². The predicted octanol–water partition coefficient (Wildman–Crippen LogP) is 2.58. The summed E-state index contributed by atoms with van der Waals surface area (Å²) in [4.78, 5) is 14.9. The highest BCUT2D eigenvalue weighted by Gasteiger charge is 2.27. The van der Waals surface area contributed by atoms with Crippen molar-refractivity contribution in [3.8, 4) is 0 Å². The summed E-state index contributed by atoms with van der Waals surface area (Å²) >= 11 is 0. The summed E-state index contributed by atoms with van der Waals surface area (Å²) in [7, 11) is -3.35. The van der Waals surface area contributed by atoms with Gasteiger partial charge in [0.15, 0.2) is 0 Å². The van der Waals surface area contributed by atoms with Crippen LogP contribution < -0.4 is 10.2 Å². The van der Waals surface area contributed by atoms with Crippen LogP contribution in [0.4, 0.5) is 17.5 Å². The summed E-state index contributed by atoms with van der Waals surface area (Å²) in [5.74, 6) is 2.14. The second-order valence-corrected chi connectivity index (χ2v) is 9.20. The number of pyridine rings is 1. The summed E-state index contributed by atoms with van der Waals surface area (Å²) in [6.07, 6.45) is 3.21. The molecular formula is C21H24N6O2S. The van der Waals surface area contributed by atoms with Crippen LogP contribution in [0.25, 0.3) is 0 Å². The van der Waals surface area contributed by atoms with E-state index in [-0.39, 0.29) is 5.75 Å². The number of aryl methyl sites for hydroxylation is 1. The van der Waals surface area contributed by atoms with Gasteiger partial charge >= 0.3 is 0 Å². The first kappa shape index (κ1) is 20.2. The van der Waals surface area contributed by atoms with E-state index in [0.717, 1.165) is 16.9 Å². The lowest BCUT2D eigenvalue weighted by atomic mass is 10.2. The van der Waals surface area contributed by atoms with E-state index in [9.17, 15) is 8.42 Å². The van der Waals surface area contributed by atoms with Gasteiger partial charge in [-0.3, -0.25) is 0 Å². The second-order valence-electron chi connectivity index (χ2n) is 7.23. The lowest BCUT2D eigenvalue weighted by Crippen LogP contribution is -2.49. The van der Waals surface area contributed by atoms with E-state index in [1.165, 1.54) is 6.33 Å². The monoisotopic (exact) mass is 424 g/mol. The zero-order valence-corrected chi connectivity index (χ0v) is 17.6. The number of aromatic nitrogens is 3. The molecule has 1 fully saturated rings. The summed E-state index contributed by atoms with van der Waals surface area (Å²) in [5.41, 5.74) is 1.88. The lowest BCUT2D eigenvalue weighted by Gasteiger charge is -2.34. The topological polar surface area (TPSA) is 91.3 Å². The smallest absolute Gasteiger partial charge is 0.218 e. The van der Waals surface area contributed by atoms with Crippen LogP contribution in [0.3, 0.4) is 0 Å². The van der Waals surface area contributed by atoms with Crippen LogP contribution in [0.5, 0.6) is 0 Å². The van der Waals surface area contributed by atoms with E-state index < -0.39 is 10.0 Å². The van der Waals surface area contributed by atoms with Gasteiger partial charge in [0.05, 0.1) is 5.75 Å². The van der Waals surface area contributed by atoms with Gasteiger partial charge in [-0.25, -0.2) is 23.4 Å². The van der Waals surface area contributed by atoms with E-state index in [4.69, 9.17) is 0 Å². The first-order valence-corrected chi connectivity index (χ1v) is 11.4. The van der Waals surface area contributed by atoms with Crippen molar-refractivity contribution in [1.29, 1.82) is 0 Å². The Labute approximate surface area is 176 Å². The number of nitrogens with zero attached hydrogens (tertiary/aromatic N) is 5. The maximum Gasteiger partial charge on any atom is 0.218 e. The molecular weight excluding hydrogens is 400 g/mol. The van der Waals surface area contributed by atoms with Crippen LogP contribution >= 0.6 is 0 Å². The number of hydrogen-bond acceptors (Lipinski definition) is 7. The highest BCUT2D eigenvalue weighted by molar-refractivity contribution is 7.88. The third-order valence-corrected chi connectivity index (χ3v) is 6.81. The van der Waals surface area contributed by atoms with Gasteiger partial charge < -0.3 is 10.2 Å². The van der Waals surface area contributed by atoms with E-state index in [1.807, 2.05) is 55.5 Å². The molecule has 156 valence electrons. The number of sulfonamides is 1. The van der Waals surface area contributed by atoms with Crippen LogP contribution in [-0.2, 0) is 15.8 Å². The van der Waals surface area contributed by atoms with Crippen molar-refractivity contribution >= 4 is 27.5 Å². The number of nitrogens with one attached hydrogen (secondary N) is 1. The molecule has 1 N–H and O–H groups in total. The number of piperazine rings is 1. The van der Waals surface area contributed by atoms with Crippen LogP contribution in [-0.4, -0.2) is 53.9 Å². The van der Waals surface area contributed by atoms with Crippen molar-refractivity contribution in [2.75, 3.05) is 36.4 Å². The summed E-state index contributed by atoms with van der Waals surface area (Å²) in [6, 6.07) is 15.1. The van der Waals surface area contributed by atoms with Gasteiger partial charge in [0.2, 0.25) is 10.0 Å². The third-order valence-electron chi connectivity index (χ3n) is 4.96. The predicted molar refractivity (Wildman–Crippen MR) is 117 cm³/mol. The highest BCUT2D eigenvalue weighted by atomic mass is 32.2. The minimum atomic E-state index is -3.35. The highest BCUT2D eigenvalue weighted by Crippen LogP contribution is 2.20. The first-order valence-electron chi connectivity index (χ1n) is 9.78. The van der Waals surface area contributed by atoms with Gasteiger partial charge in [0, 0.05) is 38.4 Å². The molecule has 2 aromatic heterocycles. The standard InChI is InChI=1S/C21H24N6O2S/c1-17-5-4-6-18(13-17)15-30(28,29)27-11-9-26(10-12-27)21-14-20(23-16-24-21)25-19-7-2-3-8-22-19/h2-8,13-14,16H,9-12,15H2,1H3,(H,22,23,24,25). The molecule has 0 atom stereocenters. The maximum atomic E-state index is 12.8. The molecule has 0 saturated carbocycles. The molecule has 3 aromatic rings. The number of hydrogen-bond donors (Lipinski definition) is 1. The Kier molecular flexibility index (Phi) is 5.91. The molecule has 1 aliphatic rings. The largest absolute Gasteiger partial charge is 0.354 e. The fourth-order valence-corrected chi connectivity index (χ4v) is 4.96. The number of anilines is 3. The van der Waals surface area contributed by atoms with Crippen LogP contribution in [0, 0.1) is 6.92 Å². The van der Waals surface area contributed by atoms with E-state index in [0.29, 0.717) is 37.8 Å². The summed E-state index contributed by atoms with van der Waals surface area (Å²) in [6.45, 7) is 3.98. The van der Waals surface area contributed by atoms with Crippen LogP contribution in [0.1, 0.15) is 11.1 Å². The Balaban J connectivity index is 1.39. The van der Waals surface area contributed by atoms with E-state index >= 15 is 0 Å². The number of rotatable bonds is 6. The van der Waals surface area contributed by atoms with Crippen molar-refractivity contribution in [2.45, 2.75) is 12.7 Å². The normalized spacial score (nSPS) is 15.2. The molecule has 1 aliphatic heterocycles. The van der Waals surface area contributed by atoms with Gasteiger partial charge in [-0.1, -0.05) is 35.9 Å². The molecule has 3 heterocycles. The fourth-order valence-electron chi connectivity index (χ4n) is 3.46.